The Hall–Kier alpha value is -1.94. The first-order chi connectivity index (χ1) is 11.4. The van der Waals surface area contributed by atoms with Crippen molar-refractivity contribution < 1.29 is 4.39 Å². The number of aromatic nitrogens is 2. The number of aryl methyl sites for hydroxylation is 1. The molecule has 0 saturated carbocycles. The molecule has 0 atom stereocenters. The maximum absolute atomic E-state index is 14.4. The SMILES string of the molecule is CCc1cn(-c2ccc(Br)cc2)c(C(C)(C)c2ccccc2F)n1. The van der Waals surface area contributed by atoms with Gasteiger partial charge in [0, 0.05) is 21.9 Å². The van der Waals surface area contributed by atoms with E-state index in [2.05, 4.69) is 27.4 Å². The molecular formula is C20H20BrFN2. The summed E-state index contributed by atoms with van der Waals surface area (Å²) < 4.78 is 17.5. The maximum atomic E-state index is 14.4. The first-order valence-electron chi connectivity index (χ1n) is 8.03. The van der Waals surface area contributed by atoms with E-state index in [0.29, 0.717) is 5.56 Å². The average Bonchev–Trinajstić information content (AvgIpc) is 3.01. The van der Waals surface area contributed by atoms with Gasteiger partial charge < -0.3 is 4.57 Å². The monoisotopic (exact) mass is 386 g/mol. The molecule has 1 heterocycles. The van der Waals surface area contributed by atoms with E-state index >= 15 is 0 Å². The third-order valence-corrected chi connectivity index (χ3v) is 4.86. The summed E-state index contributed by atoms with van der Waals surface area (Å²) in [5.74, 6) is 0.637. The van der Waals surface area contributed by atoms with E-state index in [9.17, 15) is 4.39 Å². The van der Waals surface area contributed by atoms with Gasteiger partial charge in [-0.15, -0.1) is 0 Å². The van der Waals surface area contributed by atoms with Crippen LogP contribution < -0.4 is 0 Å². The van der Waals surface area contributed by atoms with Gasteiger partial charge in [0.2, 0.25) is 0 Å². The van der Waals surface area contributed by atoms with Gasteiger partial charge in [-0.3, -0.25) is 0 Å². The zero-order chi connectivity index (χ0) is 17.3. The van der Waals surface area contributed by atoms with Crippen LogP contribution in [0.2, 0.25) is 0 Å². The second-order valence-corrected chi connectivity index (χ2v) is 7.28. The molecule has 0 aliphatic carbocycles. The van der Waals surface area contributed by atoms with Gasteiger partial charge in [-0.1, -0.05) is 41.1 Å². The van der Waals surface area contributed by atoms with Gasteiger partial charge >= 0.3 is 0 Å². The highest BCUT2D eigenvalue weighted by atomic mass is 79.9. The van der Waals surface area contributed by atoms with E-state index in [1.807, 2.05) is 56.4 Å². The number of benzene rings is 2. The fraction of sp³-hybridized carbons (Fsp3) is 0.250. The molecule has 0 spiro atoms. The molecular weight excluding hydrogens is 367 g/mol. The molecule has 0 saturated heterocycles. The Labute approximate surface area is 150 Å². The van der Waals surface area contributed by atoms with Crippen LogP contribution >= 0.6 is 15.9 Å². The summed E-state index contributed by atoms with van der Waals surface area (Å²) in [4.78, 5) is 4.80. The predicted molar refractivity (Wildman–Crippen MR) is 99.2 cm³/mol. The Morgan fingerprint density at radius 1 is 1.08 bits per heavy atom. The molecule has 3 rings (SSSR count). The molecule has 0 aliphatic heterocycles. The Morgan fingerprint density at radius 3 is 2.38 bits per heavy atom. The summed E-state index contributed by atoms with van der Waals surface area (Å²) in [5.41, 5.74) is 2.12. The lowest BCUT2D eigenvalue weighted by Gasteiger charge is -2.26. The van der Waals surface area contributed by atoms with E-state index in [0.717, 1.165) is 28.1 Å². The van der Waals surface area contributed by atoms with Gasteiger partial charge in [0.05, 0.1) is 11.1 Å². The lowest BCUT2D eigenvalue weighted by molar-refractivity contribution is 0.520. The van der Waals surface area contributed by atoms with Gasteiger partial charge in [-0.05, 0) is 50.6 Å². The lowest BCUT2D eigenvalue weighted by atomic mass is 9.83. The third kappa shape index (κ3) is 3.03. The highest BCUT2D eigenvalue weighted by Crippen LogP contribution is 2.34. The third-order valence-electron chi connectivity index (χ3n) is 4.33. The largest absolute Gasteiger partial charge is 0.303 e. The Kier molecular flexibility index (Phi) is 4.59. The Morgan fingerprint density at radius 2 is 1.75 bits per heavy atom. The van der Waals surface area contributed by atoms with E-state index in [-0.39, 0.29) is 5.82 Å². The van der Waals surface area contributed by atoms with Crippen LogP contribution in [0, 0.1) is 5.82 Å². The van der Waals surface area contributed by atoms with E-state index < -0.39 is 5.41 Å². The number of imidazole rings is 1. The molecule has 1 aromatic heterocycles. The molecule has 24 heavy (non-hydrogen) atoms. The molecule has 2 aromatic carbocycles. The number of hydrogen-bond acceptors (Lipinski definition) is 1. The minimum atomic E-state index is -0.550. The van der Waals surface area contributed by atoms with Crippen molar-refractivity contribution in [2.45, 2.75) is 32.6 Å². The van der Waals surface area contributed by atoms with Crippen LogP contribution in [0.25, 0.3) is 5.69 Å². The highest BCUT2D eigenvalue weighted by Gasteiger charge is 2.31. The van der Waals surface area contributed by atoms with Crippen LogP contribution in [0.3, 0.4) is 0 Å². The van der Waals surface area contributed by atoms with Gasteiger partial charge in [-0.2, -0.15) is 0 Å². The van der Waals surface area contributed by atoms with Crippen molar-refractivity contribution >= 4 is 15.9 Å². The molecule has 0 bridgehead atoms. The quantitative estimate of drug-likeness (QED) is 0.565. The molecule has 3 aromatic rings. The summed E-state index contributed by atoms with van der Waals surface area (Å²) >= 11 is 3.47. The average molecular weight is 387 g/mol. The second kappa shape index (κ2) is 6.52. The van der Waals surface area contributed by atoms with Crippen LogP contribution in [0.5, 0.6) is 0 Å². The van der Waals surface area contributed by atoms with Crippen molar-refractivity contribution in [2.75, 3.05) is 0 Å². The van der Waals surface area contributed by atoms with Gasteiger partial charge in [0.1, 0.15) is 11.6 Å². The van der Waals surface area contributed by atoms with Crippen LogP contribution in [0.1, 0.15) is 37.9 Å². The van der Waals surface area contributed by atoms with Crippen LogP contribution in [0.15, 0.2) is 59.2 Å². The minimum absolute atomic E-state index is 0.203. The number of hydrogen-bond donors (Lipinski definition) is 0. The van der Waals surface area contributed by atoms with Gasteiger partial charge in [0.15, 0.2) is 0 Å². The summed E-state index contributed by atoms with van der Waals surface area (Å²) in [6.07, 6.45) is 2.88. The second-order valence-electron chi connectivity index (χ2n) is 6.36. The van der Waals surface area contributed by atoms with Crippen molar-refractivity contribution in [3.05, 3.63) is 82.1 Å². The topological polar surface area (TPSA) is 17.8 Å². The molecule has 0 radical (unpaired) electrons. The summed E-state index contributed by atoms with van der Waals surface area (Å²) in [6.45, 7) is 6.11. The minimum Gasteiger partial charge on any atom is -0.303 e. The maximum Gasteiger partial charge on any atom is 0.127 e. The number of halogens is 2. The normalized spacial score (nSPS) is 11.7. The molecule has 2 nitrogen and oxygen atoms in total. The van der Waals surface area contributed by atoms with E-state index in [1.54, 1.807) is 6.07 Å². The van der Waals surface area contributed by atoms with Crippen LogP contribution in [0.4, 0.5) is 4.39 Å². The van der Waals surface area contributed by atoms with Gasteiger partial charge in [0.25, 0.3) is 0 Å². The summed E-state index contributed by atoms with van der Waals surface area (Å²) in [5, 5.41) is 0. The Bertz CT molecular complexity index is 850. The Balaban J connectivity index is 2.18. The molecule has 0 amide bonds. The van der Waals surface area contributed by atoms with E-state index in [4.69, 9.17) is 4.98 Å². The smallest absolute Gasteiger partial charge is 0.127 e. The van der Waals surface area contributed by atoms with Crippen molar-refractivity contribution in [3.63, 3.8) is 0 Å². The first-order valence-corrected chi connectivity index (χ1v) is 8.82. The van der Waals surface area contributed by atoms with Crippen molar-refractivity contribution in [1.29, 1.82) is 0 Å². The van der Waals surface area contributed by atoms with Gasteiger partial charge in [-0.25, -0.2) is 9.37 Å². The van der Waals surface area contributed by atoms with Crippen LogP contribution in [-0.4, -0.2) is 9.55 Å². The zero-order valence-corrected chi connectivity index (χ0v) is 15.6. The zero-order valence-electron chi connectivity index (χ0n) is 14.1. The summed E-state index contributed by atoms with van der Waals surface area (Å²) in [6, 6.07) is 15.0. The van der Waals surface area contributed by atoms with Crippen molar-refractivity contribution in [1.82, 2.24) is 9.55 Å². The molecule has 0 unspecified atom stereocenters. The molecule has 124 valence electrons. The van der Waals surface area contributed by atoms with E-state index in [1.165, 1.54) is 6.07 Å². The predicted octanol–water partition coefficient (Wildman–Crippen LogP) is 5.66. The fourth-order valence-corrected chi connectivity index (χ4v) is 3.19. The molecule has 0 fully saturated rings. The summed E-state index contributed by atoms with van der Waals surface area (Å²) in [7, 11) is 0. The molecule has 4 heteroatoms. The van der Waals surface area contributed by atoms with Crippen molar-refractivity contribution in [3.8, 4) is 5.69 Å². The number of nitrogens with zero attached hydrogens (tertiary/aromatic N) is 2. The van der Waals surface area contributed by atoms with Crippen LogP contribution in [-0.2, 0) is 11.8 Å². The van der Waals surface area contributed by atoms with Crippen molar-refractivity contribution in [2.24, 2.45) is 0 Å². The number of rotatable bonds is 4. The highest BCUT2D eigenvalue weighted by molar-refractivity contribution is 9.10. The fourth-order valence-electron chi connectivity index (χ4n) is 2.93. The molecule has 0 aliphatic rings. The standard InChI is InChI=1S/C20H20BrFN2/c1-4-15-13-24(16-11-9-14(21)10-12-16)19(23-15)20(2,3)17-7-5-6-8-18(17)22/h5-13H,4H2,1-3H3. The molecule has 0 N–H and O–H groups in total. The first kappa shape index (κ1) is 16.9. The lowest BCUT2D eigenvalue weighted by Crippen LogP contribution is -2.25.